The van der Waals surface area contributed by atoms with E-state index < -0.39 is 5.91 Å². The Morgan fingerprint density at radius 1 is 1.08 bits per heavy atom. The normalized spacial score (nSPS) is 12.9. The Morgan fingerprint density at radius 3 is 2.65 bits per heavy atom. The fourth-order valence-corrected chi connectivity index (χ4v) is 6.37. The molecule has 0 spiro atoms. The van der Waals surface area contributed by atoms with Crippen LogP contribution in [0.1, 0.15) is 60.9 Å². The Labute approximate surface area is 224 Å². The molecule has 4 aromatic rings. The lowest BCUT2D eigenvalue weighted by molar-refractivity contribution is 0.0954. The lowest BCUT2D eigenvalue weighted by atomic mass is 9.95. The van der Waals surface area contributed by atoms with E-state index in [0.717, 1.165) is 64.4 Å². The van der Waals surface area contributed by atoms with E-state index in [1.54, 1.807) is 29.7 Å². The summed E-state index contributed by atoms with van der Waals surface area (Å²) < 4.78 is 2.12. The van der Waals surface area contributed by atoms with Gasteiger partial charge in [-0.25, -0.2) is 10.4 Å². The van der Waals surface area contributed by atoms with E-state index in [2.05, 4.69) is 25.4 Å². The number of rotatable bonds is 6. The molecule has 3 aromatic heterocycles. The van der Waals surface area contributed by atoms with Crippen LogP contribution in [0.25, 0.3) is 5.00 Å². The molecule has 5 rings (SSSR count). The van der Waals surface area contributed by atoms with E-state index in [1.165, 1.54) is 11.1 Å². The first-order valence-electron chi connectivity index (χ1n) is 12.1. The number of hydrogen-bond donors (Lipinski definition) is 2. The fraction of sp³-hybridized carbons (Fsp3) is 0.214. The second kappa shape index (κ2) is 10.7. The number of amides is 2. The van der Waals surface area contributed by atoms with Gasteiger partial charge >= 0.3 is 0 Å². The minimum atomic E-state index is -0.436. The fourth-order valence-electron chi connectivity index (χ4n) is 4.67. The monoisotopic (exact) mass is 531 g/mol. The number of hydrazone groups is 1. The van der Waals surface area contributed by atoms with Crippen molar-refractivity contribution < 1.29 is 9.59 Å². The first-order valence-corrected chi connectivity index (χ1v) is 13.3. The standard InChI is InChI=1S/C28H26ClN5O2S/c1-17-15-19(16-31-33-26(35)22-12-8-14-30-25(22)29)18(2)34(17)28-24(21-11-6-7-13-23(21)37-28)27(36)32-20-9-4-3-5-10-20/h3-5,8-10,12,14-16H,6-7,11,13H2,1-2H3,(H,32,36)(H,33,35). The molecular formula is C28H26ClN5O2S. The van der Waals surface area contributed by atoms with E-state index in [9.17, 15) is 9.59 Å². The summed E-state index contributed by atoms with van der Waals surface area (Å²) in [5.74, 6) is -0.530. The van der Waals surface area contributed by atoms with Gasteiger partial charge < -0.3 is 9.88 Å². The second-order valence-electron chi connectivity index (χ2n) is 8.91. The number of carbonyl (C=O) groups excluding carboxylic acids is 2. The Bertz CT molecular complexity index is 1510. The topological polar surface area (TPSA) is 88.4 Å². The van der Waals surface area contributed by atoms with E-state index >= 15 is 0 Å². The van der Waals surface area contributed by atoms with Crippen molar-refractivity contribution in [3.8, 4) is 5.00 Å². The lowest BCUT2D eigenvalue weighted by Crippen LogP contribution is -2.18. The zero-order valence-electron chi connectivity index (χ0n) is 20.5. The van der Waals surface area contributed by atoms with Crippen LogP contribution in [0.3, 0.4) is 0 Å². The molecule has 9 heteroatoms. The number of halogens is 1. The van der Waals surface area contributed by atoms with Crippen LogP contribution in [0.4, 0.5) is 5.69 Å². The Balaban J connectivity index is 1.46. The molecule has 0 bridgehead atoms. The Hall–Kier alpha value is -3.75. The molecule has 7 nitrogen and oxygen atoms in total. The highest BCUT2D eigenvalue weighted by atomic mass is 35.5. The molecule has 0 radical (unpaired) electrons. The molecule has 0 aliphatic heterocycles. The van der Waals surface area contributed by atoms with E-state index in [4.69, 9.17) is 11.6 Å². The van der Waals surface area contributed by atoms with Gasteiger partial charge in [-0.15, -0.1) is 11.3 Å². The second-order valence-corrected chi connectivity index (χ2v) is 10.4. The number of benzene rings is 1. The predicted octanol–water partition coefficient (Wildman–Crippen LogP) is 6.10. The van der Waals surface area contributed by atoms with Crippen LogP contribution >= 0.6 is 22.9 Å². The van der Waals surface area contributed by atoms with Gasteiger partial charge in [-0.2, -0.15) is 5.10 Å². The van der Waals surface area contributed by atoms with Crippen LogP contribution in [0.15, 0.2) is 59.8 Å². The van der Waals surface area contributed by atoms with Crippen LogP contribution in [-0.4, -0.2) is 27.6 Å². The maximum Gasteiger partial charge on any atom is 0.274 e. The van der Waals surface area contributed by atoms with Gasteiger partial charge in [0.15, 0.2) is 0 Å². The summed E-state index contributed by atoms with van der Waals surface area (Å²) in [6.45, 7) is 4.00. The number of para-hydroxylation sites is 1. The molecule has 2 amide bonds. The van der Waals surface area contributed by atoms with Crippen LogP contribution in [0.2, 0.25) is 5.15 Å². The van der Waals surface area contributed by atoms with Crippen molar-refractivity contribution in [1.29, 1.82) is 0 Å². The highest BCUT2D eigenvalue weighted by Crippen LogP contribution is 2.39. The number of nitrogens with zero attached hydrogens (tertiary/aromatic N) is 3. The number of carbonyl (C=O) groups is 2. The molecule has 1 aromatic carbocycles. The van der Waals surface area contributed by atoms with Crippen molar-refractivity contribution in [3.05, 3.63) is 98.4 Å². The first-order chi connectivity index (χ1) is 17.9. The molecule has 0 saturated heterocycles. The quantitative estimate of drug-likeness (QED) is 0.179. The Morgan fingerprint density at radius 2 is 1.86 bits per heavy atom. The van der Waals surface area contributed by atoms with Crippen LogP contribution in [0.5, 0.6) is 0 Å². The third-order valence-corrected chi connectivity index (χ3v) is 8.04. The van der Waals surface area contributed by atoms with Crippen molar-refractivity contribution in [2.75, 3.05) is 5.32 Å². The molecule has 37 heavy (non-hydrogen) atoms. The molecule has 188 valence electrons. The van der Waals surface area contributed by atoms with Crippen molar-refractivity contribution in [3.63, 3.8) is 0 Å². The number of aromatic nitrogens is 2. The van der Waals surface area contributed by atoms with Gasteiger partial charge in [0.25, 0.3) is 11.8 Å². The number of thiophene rings is 1. The summed E-state index contributed by atoms with van der Waals surface area (Å²) in [7, 11) is 0. The van der Waals surface area contributed by atoms with Gasteiger partial charge in [0.2, 0.25) is 0 Å². The lowest BCUT2D eigenvalue weighted by Gasteiger charge is -2.14. The van der Waals surface area contributed by atoms with Crippen molar-refractivity contribution in [1.82, 2.24) is 15.0 Å². The number of aryl methyl sites for hydroxylation is 2. The smallest absolute Gasteiger partial charge is 0.274 e. The molecule has 0 unspecified atom stereocenters. The third kappa shape index (κ3) is 5.08. The minimum Gasteiger partial charge on any atom is -0.322 e. The summed E-state index contributed by atoms with van der Waals surface area (Å²) in [5, 5.41) is 8.27. The van der Waals surface area contributed by atoms with Gasteiger partial charge in [-0.3, -0.25) is 9.59 Å². The van der Waals surface area contributed by atoms with Gasteiger partial charge in [0.05, 0.1) is 17.3 Å². The van der Waals surface area contributed by atoms with E-state index in [-0.39, 0.29) is 16.6 Å². The summed E-state index contributed by atoms with van der Waals surface area (Å²) in [6, 6.07) is 14.8. The molecule has 1 aliphatic carbocycles. The highest BCUT2D eigenvalue weighted by molar-refractivity contribution is 7.15. The first kappa shape index (κ1) is 24.9. The van der Waals surface area contributed by atoms with Crippen LogP contribution < -0.4 is 10.7 Å². The van der Waals surface area contributed by atoms with Crippen LogP contribution in [0, 0.1) is 13.8 Å². The predicted molar refractivity (Wildman–Crippen MR) is 148 cm³/mol. The number of anilines is 1. The third-order valence-electron chi connectivity index (χ3n) is 6.46. The number of nitrogens with one attached hydrogen (secondary N) is 2. The zero-order chi connectivity index (χ0) is 25.9. The SMILES string of the molecule is Cc1cc(C=NNC(=O)c2cccnc2Cl)c(C)n1-c1sc2c(c1C(=O)Nc1ccccc1)CCCC2. The maximum atomic E-state index is 13.6. The largest absolute Gasteiger partial charge is 0.322 e. The molecule has 1 aliphatic rings. The number of fused-ring (bicyclic) bond motifs is 1. The van der Waals surface area contributed by atoms with Crippen molar-refractivity contribution in [2.24, 2.45) is 5.10 Å². The minimum absolute atomic E-state index is 0.0936. The number of pyridine rings is 1. The molecule has 2 N–H and O–H groups in total. The molecule has 0 saturated carbocycles. The van der Waals surface area contributed by atoms with Crippen molar-refractivity contribution >= 4 is 46.7 Å². The Kier molecular flexibility index (Phi) is 7.21. The van der Waals surface area contributed by atoms with Gasteiger partial charge in [0.1, 0.15) is 10.2 Å². The van der Waals surface area contributed by atoms with Gasteiger partial charge in [-0.1, -0.05) is 29.8 Å². The van der Waals surface area contributed by atoms with Gasteiger partial charge in [0, 0.05) is 33.7 Å². The summed E-state index contributed by atoms with van der Waals surface area (Å²) in [6.07, 6.45) is 7.24. The van der Waals surface area contributed by atoms with Crippen molar-refractivity contribution in [2.45, 2.75) is 39.5 Å². The average molecular weight is 532 g/mol. The van der Waals surface area contributed by atoms with E-state index in [0.29, 0.717) is 0 Å². The summed E-state index contributed by atoms with van der Waals surface area (Å²) in [4.78, 5) is 31.2. The van der Waals surface area contributed by atoms with E-state index in [1.807, 2.05) is 50.2 Å². The molecular weight excluding hydrogens is 506 g/mol. The highest BCUT2D eigenvalue weighted by Gasteiger charge is 2.28. The molecule has 3 heterocycles. The summed E-state index contributed by atoms with van der Waals surface area (Å²) in [5.41, 5.74) is 8.20. The molecule has 0 atom stereocenters. The zero-order valence-corrected chi connectivity index (χ0v) is 22.1. The maximum absolute atomic E-state index is 13.6. The van der Waals surface area contributed by atoms with Crippen LogP contribution in [-0.2, 0) is 12.8 Å². The summed E-state index contributed by atoms with van der Waals surface area (Å²) >= 11 is 7.70. The number of hydrogen-bond acceptors (Lipinski definition) is 5. The average Bonchev–Trinajstić information content (AvgIpc) is 3.40. The van der Waals surface area contributed by atoms with Gasteiger partial charge in [-0.05, 0) is 75.4 Å². The molecule has 0 fully saturated rings.